The van der Waals surface area contributed by atoms with Crippen molar-refractivity contribution < 1.29 is 26.4 Å². The average Bonchev–Trinajstić information content (AvgIpc) is 2.62. The summed E-state index contributed by atoms with van der Waals surface area (Å²) in [7, 11) is -8.44. The molecule has 0 heterocycles. The molecule has 0 fully saturated rings. The van der Waals surface area contributed by atoms with Gasteiger partial charge >= 0.3 is 7.60 Å². The van der Waals surface area contributed by atoms with Crippen molar-refractivity contribution >= 4 is 17.4 Å². The van der Waals surface area contributed by atoms with Crippen molar-refractivity contribution in [2.24, 2.45) is 0 Å². The van der Waals surface area contributed by atoms with Gasteiger partial charge in [0.2, 0.25) is 15.4 Å². The highest BCUT2D eigenvalue weighted by Gasteiger charge is 2.38. The fourth-order valence-electron chi connectivity index (χ4n) is 2.45. The standard InChI is InChI=1S/C18H28FO5PS/c1-4-7-8-12-15-17(18(19)25(20,23-5-2)24-6-3)26(21,22)16-13-10-9-11-14-16/h9-11,13-14H,4-8,12,15H2,1-3H3/b18-17-. The summed E-state index contributed by atoms with van der Waals surface area (Å²) in [6, 6.07) is 7.57. The number of allylic oxidation sites excluding steroid dienone is 1. The lowest BCUT2D eigenvalue weighted by Crippen LogP contribution is -2.09. The van der Waals surface area contributed by atoms with E-state index < -0.39 is 27.9 Å². The van der Waals surface area contributed by atoms with Gasteiger partial charge in [-0.25, -0.2) is 8.42 Å². The molecule has 0 aromatic heterocycles. The maximum absolute atomic E-state index is 15.2. The van der Waals surface area contributed by atoms with Crippen LogP contribution < -0.4 is 0 Å². The Kier molecular flexibility index (Phi) is 9.72. The largest absolute Gasteiger partial charge is 0.390 e. The third-order valence-electron chi connectivity index (χ3n) is 3.70. The molecule has 1 aromatic rings. The Balaban J connectivity index is 3.41. The minimum atomic E-state index is -4.31. The first-order chi connectivity index (χ1) is 12.3. The number of rotatable bonds is 12. The molecule has 26 heavy (non-hydrogen) atoms. The third kappa shape index (κ3) is 6.02. The molecule has 1 aromatic carbocycles. The zero-order valence-electron chi connectivity index (χ0n) is 15.6. The van der Waals surface area contributed by atoms with E-state index >= 15 is 4.39 Å². The van der Waals surface area contributed by atoms with Gasteiger partial charge in [-0.2, -0.15) is 4.39 Å². The molecular weight excluding hydrogens is 378 g/mol. The van der Waals surface area contributed by atoms with Gasteiger partial charge in [-0.15, -0.1) is 0 Å². The summed E-state index contributed by atoms with van der Waals surface area (Å²) in [4.78, 5) is -0.551. The summed E-state index contributed by atoms with van der Waals surface area (Å²) in [5.74, 6) is 0. The van der Waals surface area contributed by atoms with E-state index in [2.05, 4.69) is 0 Å². The topological polar surface area (TPSA) is 69.7 Å². The van der Waals surface area contributed by atoms with Gasteiger partial charge in [0.1, 0.15) is 0 Å². The molecule has 0 aliphatic rings. The zero-order chi connectivity index (χ0) is 19.6. The first-order valence-corrected chi connectivity index (χ1v) is 11.9. The Hall–Kier alpha value is -1.01. The second kappa shape index (κ2) is 11.0. The minimum Gasteiger partial charge on any atom is -0.304 e. The van der Waals surface area contributed by atoms with Gasteiger partial charge in [0, 0.05) is 0 Å². The summed E-state index contributed by atoms with van der Waals surface area (Å²) >= 11 is 0. The van der Waals surface area contributed by atoms with E-state index in [-0.39, 0.29) is 24.5 Å². The van der Waals surface area contributed by atoms with Crippen LogP contribution in [0.2, 0.25) is 0 Å². The second-order valence-corrected chi connectivity index (χ2v) is 9.55. The Morgan fingerprint density at radius 2 is 1.58 bits per heavy atom. The molecule has 0 aliphatic carbocycles. The molecule has 1 rings (SSSR count). The summed E-state index contributed by atoms with van der Waals surface area (Å²) in [5.41, 5.74) is -1.30. The molecule has 0 aliphatic heterocycles. The van der Waals surface area contributed by atoms with E-state index in [1.807, 2.05) is 6.92 Å². The van der Waals surface area contributed by atoms with Crippen molar-refractivity contribution in [3.8, 4) is 0 Å². The van der Waals surface area contributed by atoms with Gasteiger partial charge in [-0.05, 0) is 38.8 Å². The SMILES string of the molecule is CCCCCC/C(=C(\F)P(=O)(OCC)OCC)S(=O)(=O)c1ccccc1. The maximum atomic E-state index is 15.2. The molecule has 148 valence electrons. The quantitative estimate of drug-likeness (QED) is 0.322. The van der Waals surface area contributed by atoms with Crippen LogP contribution in [-0.4, -0.2) is 21.6 Å². The van der Waals surface area contributed by atoms with Crippen LogP contribution in [0.5, 0.6) is 0 Å². The molecule has 0 saturated carbocycles. The molecular formula is C18H28FO5PS. The number of sulfone groups is 1. The smallest absolute Gasteiger partial charge is 0.304 e. The number of halogens is 1. The second-order valence-electron chi connectivity index (χ2n) is 5.67. The van der Waals surface area contributed by atoms with Gasteiger partial charge in [0.25, 0.3) is 0 Å². The monoisotopic (exact) mass is 406 g/mol. The zero-order valence-corrected chi connectivity index (χ0v) is 17.3. The summed E-state index contributed by atoms with van der Waals surface area (Å²) < 4.78 is 63.9. The van der Waals surface area contributed by atoms with Crippen molar-refractivity contribution in [1.29, 1.82) is 0 Å². The van der Waals surface area contributed by atoms with E-state index in [9.17, 15) is 13.0 Å². The highest BCUT2D eigenvalue weighted by molar-refractivity contribution is 7.95. The highest BCUT2D eigenvalue weighted by Crippen LogP contribution is 2.59. The predicted octanol–water partition coefficient (Wildman–Crippen LogP) is 5.84. The van der Waals surface area contributed by atoms with Gasteiger partial charge in [0.05, 0.1) is 23.0 Å². The van der Waals surface area contributed by atoms with E-state index in [1.54, 1.807) is 32.0 Å². The molecule has 0 bridgehead atoms. The molecule has 0 saturated heterocycles. The van der Waals surface area contributed by atoms with Crippen molar-refractivity contribution in [3.63, 3.8) is 0 Å². The minimum absolute atomic E-state index is 0.0415. The fraction of sp³-hybridized carbons (Fsp3) is 0.556. The van der Waals surface area contributed by atoms with Crippen molar-refractivity contribution in [2.45, 2.75) is 57.8 Å². The fourth-order valence-corrected chi connectivity index (χ4v) is 5.97. The van der Waals surface area contributed by atoms with Crippen LogP contribution in [0.1, 0.15) is 52.9 Å². The summed E-state index contributed by atoms with van der Waals surface area (Å²) in [5, 5.41) is 0. The first kappa shape index (κ1) is 23.0. The molecule has 0 N–H and O–H groups in total. The lowest BCUT2D eigenvalue weighted by Gasteiger charge is -2.18. The number of unbranched alkanes of at least 4 members (excludes halogenated alkanes) is 3. The van der Waals surface area contributed by atoms with Crippen molar-refractivity contribution in [2.75, 3.05) is 13.2 Å². The van der Waals surface area contributed by atoms with E-state index in [4.69, 9.17) is 9.05 Å². The van der Waals surface area contributed by atoms with Gasteiger partial charge < -0.3 is 9.05 Å². The van der Waals surface area contributed by atoms with Crippen molar-refractivity contribution in [3.05, 3.63) is 40.8 Å². The van der Waals surface area contributed by atoms with E-state index in [0.717, 1.165) is 19.3 Å². The number of hydrogen-bond donors (Lipinski definition) is 0. The van der Waals surface area contributed by atoms with Crippen LogP contribution in [0.4, 0.5) is 4.39 Å². The van der Waals surface area contributed by atoms with Crippen LogP contribution in [-0.2, 0) is 23.4 Å². The Bertz CT molecular complexity index is 721. The molecule has 0 amide bonds. The normalized spacial score (nSPS) is 13.5. The molecule has 0 atom stereocenters. The molecule has 0 unspecified atom stereocenters. The molecule has 8 heteroatoms. The van der Waals surface area contributed by atoms with E-state index in [0.29, 0.717) is 6.42 Å². The third-order valence-corrected chi connectivity index (χ3v) is 7.73. The van der Waals surface area contributed by atoms with Gasteiger partial charge in [0.15, 0.2) is 0 Å². The highest BCUT2D eigenvalue weighted by atomic mass is 32.2. The van der Waals surface area contributed by atoms with Crippen LogP contribution in [0.3, 0.4) is 0 Å². The lowest BCUT2D eigenvalue weighted by atomic mass is 10.1. The lowest BCUT2D eigenvalue weighted by molar-refractivity contribution is 0.219. The Morgan fingerprint density at radius 1 is 1.00 bits per heavy atom. The van der Waals surface area contributed by atoms with Gasteiger partial charge in [-0.1, -0.05) is 44.4 Å². The Morgan fingerprint density at radius 3 is 2.08 bits per heavy atom. The number of benzene rings is 1. The van der Waals surface area contributed by atoms with Crippen LogP contribution in [0.25, 0.3) is 0 Å². The predicted molar refractivity (Wildman–Crippen MR) is 101 cm³/mol. The molecule has 0 radical (unpaired) electrons. The summed E-state index contributed by atoms with van der Waals surface area (Å²) in [6.07, 6.45) is 3.05. The van der Waals surface area contributed by atoms with Gasteiger partial charge in [-0.3, -0.25) is 4.57 Å². The Labute approximate surface area is 156 Å². The van der Waals surface area contributed by atoms with Crippen LogP contribution in [0.15, 0.2) is 45.7 Å². The van der Waals surface area contributed by atoms with E-state index in [1.165, 1.54) is 12.1 Å². The van der Waals surface area contributed by atoms with Crippen LogP contribution >= 0.6 is 7.60 Å². The first-order valence-electron chi connectivity index (χ1n) is 8.91. The molecule has 5 nitrogen and oxygen atoms in total. The summed E-state index contributed by atoms with van der Waals surface area (Å²) in [6.45, 7) is 5.01. The number of hydrogen-bond acceptors (Lipinski definition) is 5. The molecule has 0 spiro atoms. The average molecular weight is 406 g/mol. The maximum Gasteiger partial charge on any atom is 0.390 e. The van der Waals surface area contributed by atoms with Crippen molar-refractivity contribution in [1.82, 2.24) is 0 Å². The van der Waals surface area contributed by atoms with Crippen LogP contribution in [0, 0.1) is 0 Å².